The van der Waals surface area contributed by atoms with E-state index in [1.807, 2.05) is 7.05 Å². The third kappa shape index (κ3) is 1.63. The molecular formula is C12H18N6. The zero-order chi connectivity index (χ0) is 12.7. The number of nitrogens with zero attached hydrogens (tertiary/aromatic N) is 6. The van der Waals surface area contributed by atoms with Gasteiger partial charge in [0.1, 0.15) is 6.33 Å². The molecule has 2 aromatic rings. The minimum Gasteiger partial charge on any atom is -0.349 e. The molecule has 1 aliphatic rings. The molecule has 0 N–H and O–H groups in total. The molecule has 1 fully saturated rings. The Bertz CT molecular complexity index is 553. The molecule has 0 unspecified atom stereocenters. The molecule has 0 bridgehead atoms. The number of hydrogen-bond acceptors (Lipinski definition) is 5. The standard InChI is InChI=1S/C12H18N6/c1-8-5-4-6-9(2)18(8)12-10-11(13-7-14-12)17(3)16-15-10/h7-9H,4-6H2,1-3H3/t8-,9-/m0/s1. The Hall–Kier alpha value is -1.72. The molecule has 0 amide bonds. The van der Waals surface area contributed by atoms with Crippen molar-refractivity contribution in [2.24, 2.45) is 7.05 Å². The highest BCUT2D eigenvalue weighted by Gasteiger charge is 2.28. The number of anilines is 1. The van der Waals surface area contributed by atoms with Crippen molar-refractivity contribution in [2.45, 2.75) is 45.2 Å². The van der Waals surface area contributed by atoms with Crippen LogP contribution in [0.1, 0.15) is 33.1 Å². The molecule has 0 spiro atoms. The summed E-state index contributed by atoms with van der Waals surface area (Å²) < 4.78 is 1.69. The first-order chi connectivity index (χ1) is 8.68. The van der Waals surface area contributed by atoms with E-state index >= 15 is 0 Å². The van der Waals surface area contributed by atoms with Crippen LogP contribution in [0.4, 0.5) is 5.82 Å². The summed E-state index contributed by atoms with van der Waals surface area (Å²) in [5.41, 5.74) is 1.60. The van der Waals surface area contributed by atoms with Gasteiger partial charge in [-0.1, -0.05) is 5.21 Å². The van der Waals surface area contributed by atoms with Gasteiger partial charge in [-0.3, -0.25) is 0 Å². The van der Waals surface area contributed by atoms with Crippen LogP contribution in [0.2, 0.25) is 0 Å². The lowest BCUT2D eigenvalue weighted by Crippen LogP contribution is -2.44. The van der Waals surface area contributed by atoms with Gasteiger partial charge in [0.2, 0.25) is 0 Å². The molecule has 6 nitrogen and oxygen atoms in total. The van der Waals surface area contributed by atoms with Crippen LogP contribution in [0.5, 0.6) is 0 Å². The predicted octanol–water partition coefficient (Wildman–Crippen LogP) is 1.53. The quantitative estimate of drug-likeness (QED) is 0.763. The van der Waals surface area contributed by atoms with Crippen LogP contribution in [-0.2, 0) is 7.05 Å². The van der Waals surface area contributed by atoms with Gasteiger partial charge in [0.05, 0.1) is 0 Å². The van der Waals surface area contributed by atoms with Crippen LogP contribution in [-0.4, -0.2) is 37.0 Å². The third-order valence-electron chi connectivity index (χ3n) is 3.81. The Morgan fingerprint density at radius 1 is 1.17 bits per heavy atom. The Kier molecular flexibility index (Phi) is 2.65. The number of hydrogen-bond donors (Lipinski definition) is 0. The highest BCUT2D eigenvalue weighted by Crippen LogP contribution is 2.30. The maximum absolute atomic E-state index is 4.44. The van der Waals surface area contributed by atoms with Crippen LogP contribution >= 0.6 is 0 Å². The normalized spacial score (nSPS) is 24.7. The number of piperidine rings is 1. The van der Waals surface area contributed by atoms with Crippen molar-refractivity contribution in [1.82, 2.24) is 25.0 Å². The lowest BCUT2D eigenvalue weighted by molar-refractivity contribution is 0.412. The van der Waals surface area contributed by atoms with E-state index < -0.39 is 0 Å². The minimum absolute atomic E-state index is 0.494. The fourth-order valence-electron chi connectivity index (χ4n) is 2.87. The minimum atomic E-state index is 0.494. The summed E-state index contributed by atoms with van der Waals surface area (Å²) >= 11 is 0. The monoisotopic (exact) mass is 246 g/mol. The Labute approximate surface area is 106 Å². The van der Waals surface area contributed by atoms with Crippen molar-refractivity contribution in [3.05, 3.63) is 6.33 Å². The van der Waals surface area contributed by atoms with E-state index in [0.717, 1.165) is 17.0 Å². The maximum atomic E-state index is 4.44. The van der Waals surface area contributed by atoms with Crippen LogP contribution in [0.3, 0.4) is 0 Å². The van der Waals surface area contributed by atoms with Crippen molar-refractivity contribution >= 4 is 17.0 Å². The number of aryl methyl sites for hydroxylation is 1. The van der Waals surface area contributed by atoms with E-state index in [1.165, 1.54) is 19.3 Å². The highest BCUT2D eigenvalue weighted by atomic mass is 15.4. The Balaban J connectivity index is 2.12. The van der Waals surface area contributed by atoms with Gasteiger partial charge in [0, 0.05) is 19.1 Å². The van der Waals surface area contributed by atoms with Crippen LogP contribution in [0.25, 0.3) is 11.2 Å². The average Bonchev–Trinajstić information content (AvgIpc) is 2.72. The zero-order valence-corrected chi connectivity index (χ0v) is 11.0. The highest BCUT2D eigenvalue weighted by molar-refractivity contribution is 5.82. The number of aromatic nitrogens is 5. The van der Waals surface area contributed by atoms with Gasteiger partial charge in [-0.2, -0.15) is 0 Å². The molecule has 0 saturated carbocycles. The molecule has 3 heterocycles. The Morgan fingerprint density at radius 3 is 2.61 bits per heavy atom. The van der Waals surface area contributed by atoms with E-state index in [0.29, 0.717) is 12.1 Å². The van der Waals surface area contributed by atoms with Crippen molar-refractivity contribution in [2.75, 3.05) is 4.90 Å². The summed E-state index contributed by atoms with van der Waals surface area (Å²) in [6.07, 6.45) is 5.30. The molecule has 0 radical (unpaired) electrons. The van der Waals surface area contributed by atoms with Gasteiger partial charge in [0.25, 0.3) is 0 Å². The lowest BCUT2D eigenvalue weighted by Gasteiger charge is -2.39. The van der Waals surface area contributed by atoms with Gasteiger partial charge >= 0.3 is 0 Å². The first-order valence-electron chi connectivity index (χ1n) is 6.47. The third-order valence-corrected chi connectivity index (χ3v) is 3.81. The second-order valence-corrected chi connectivity index (χ2v) is 5.12. The van der Waals surface area contributed by atoms with E-state index in [2.05, 4.69) is 39.0 Å². The van der Waals surface area contributed by atoms with Crippen molar-refractivity contribution in [1.29, 1.82) is 0 Å². The van der Waals surface area contributed by atoms with E-state index in [-0.39, 0.29) is 0 Å². The SMILES string of the molecule is C[C@H]1CCC[C@H](C)N1c1ncnc2c1nnn2C. The largest absolute Gasteiger partial charge is 0.349 e. The Morgan fingerprint density at radius 2 is 1.89 bits per heavy atom. The molecule has 6 heteroatoms. The van der Waals surface area contributed by atoms with E-state index in [1.54, 1.807) is 11.0 Å². The molecule has 96 valence electrons. The summed E-state index contributed by atoms with van der Waals surface area (Å²) in [7, 11) is 1.86. The molecule has 0 aromatic carbocycles. The molecule has 1 saturated heterocycles. The second-order valence-electron chi connectivity index (χ2n) is 5.12. The molecule has 1 aliphatic heterocycles. The van der Waals surface area contributed by atoms with Gasteiger partial charge in [0.15, 0.2) is 17.0 Å². The first-order valence-corrected chi connectivity index (χ1v) is 6.47. The fraction of sp³-hybridized carbons (Fsp3) is 0.667. The van der Waals surface area contributed by atoms with Gasteiger partial charge < -0.3 is 4.90 Å². The first kappa shape index (κ1) is 11.4. The molecule has 3 rings (SSSR count). The number of rotatable bonds is 1. The second kappa shape index (κ2) is 4.19. The van der Waals surface area contributed by atoms with Gasteiger partial charge in [-0.05, 0) is 33.1 Å². The smallest absolute Gasteiger partial charge is 0.183 e. The zero-order valence-electron chi connectivity index (χ0n) is 11.0. The predicted molar refractivity (Wildman–Crippen MR) is 69.4 cm³/mol. The summed E-state index contributed by atoms with van der Waals surface area (Å²) in [5.74, 6) is 0.924. The summed E-state index contributed by atoms with van der Waals surface area (Å²) in [4.78, 5) is 11.1. The van der Waals surface area contributed by atoms with E-state index in [9.17, 15) is 0 Å². The maximum Gasteiger partial charge on any atom is 0.183 e. The molecule has 2 aromatic heterocycles. The van der Waals surface area contributed by atoms with Crippen molar-refractivity contribution in [3.8, 4) is 0 Å². The van der Waals surface area contributed by atoms with Gasteiger partial charge in [-0.15, -0.1) is 5.10 Å². The van der Waals surface area contributed by atoms with Crippen LogP contribution in [0.15, 0.2) is 6.33 Å². The van der Waals surface area contributed by atoms with Crippen molar-refractivity contribution < 1.29 is 0 Å². The summed E-state index contributed by atoms with van der Waals surface area (Å²) in [6.45, 7) is 4.50. The molecular weight excluding hydrogens is 228 g/mol. The summed E-state index contributed by atoms with van der Waals surface area (Å²) in [6, 6.07) is 0.989. The fourth-order valence-corrected chi connectivity index (χ4v) is 2.87. The van der Waals surface area contributed by atoms with Gasteiger partial charge in [-0.25, -0.2) is 14.6 Å². The number of fused-ring (bicyclic) bond motifs is 1. The molecule has 0 aliphatic carbocycles. The average molecular weight is 246 g/mol. The summed E-state index contributed by atoms with van der Waals surface area (Å²) in [5, 5.41) is 8.25. The topological polar surface area (TPSA) is 59.7 Å². The molecule has 2 atom stereocenters. The lowest BCUT2D eigenvalue weighted by atomic mass is 9.97. The van der Waals surface area contributed by atoms with Crippen LogP contribution < -0.4 is 4.90 Å². The molecule has 18 heavy (non-hydrogen) atoms. The van der Waals surface area contributed by atoms with E-state index in [4.69, 9.17) is 0 Å². The van der Waals surface area contributed by atoms with Crippen LogP contribution in [0, 0.1) is 0 Å². The van der Waals surface area contributed by atoms with Crippen molar-refractivity contribution in [3.63, 3.8) is 0 Å².